The van der Waals surface area contributed by atoms with E-state index in [1.807, 2.05) is 46.2 Å². The van der Waals surface area contributed by atoms with Gasteiger partial charge in [-0.1, -0.05) is 30.3 Å². The SMILES string of the molecule is COc1cc(-c2ccccc2)c2c(N)cc(N3CCCN(C(=O)N4CCOCC4)CC3)nc2c1. The van der Waals surface area contributed by atoms with Gasteiger partial charge in [0.1, 0.15) is 11.6 Å². The number of morpholine rings is 1. The lowest BCUT2D eigenvalue weighted by atomic mass is 9.99. The van der Waals surface area contributed by atoms with Crippen molar-refractivity contribution in [1.29, 1.82) is 0 Å². The summed E-state index contributed by atoms with van der Waals surface area (Å²) in [5.41, 5.74) is 10.2. The van der Waals surface area contributed by atoms with Gasteiger partial charge in [-0.15, -0.1) is 0 Å². The molecule has 0 radical (unpaired) electrons. The van der Waals surface area contributed by atoms with E-state index >= 15 is 0 Å². The molecule has 8 heteroatoms. The molecule has 0 unspecified atom stereocenters. The van der Waals surface area contributed by atoms with Crippen molar-refractivity contribution in [3.05, 3.63) is 48.5 Å². The standard InChI is InChI=1S/C26H31N5O3/c1-33-20-16-21(19-6-3-2-4-7-19)25-22(27)18-24(28-23(25)17-20)29-8-5-9-30(11-10-29)26(32)31-12-14-34-15-13-31/h2-4,6-7,16-18H,5,8-15H2,1H3,(H2,27,28). The lowest BCUT2D eigenvalue weighted by Gasteiger charge is -2.32. The van der Waals surface area contributed by atoms with Crippen LogP contribution in [-0.2, 0) is 4.74 Å². The van der Waals surface area contributed by atoms with Crippen molar-refractivity contribution in [1.82, 2.24) is 14.8 Å². The van der Waals surface area contributed by atoms with Crippen molar-refractivity contribution in [2.75, 3.05) is 70.2 Å². The number of aromatic nitrogens is 1. The van der Waals surface area contributed by atoms with Crippen LogP contribution in [0.25, 0.3) is 22.0 Å². The van der Waals surface area contributed by atoms with Crippen LogP contribution in [0.1, 0.15) is 6.42 Å². The highest BCUT2D eigenvalue weighted by Gasteiger charge is 2.26. The summed E-state index contributed by atoms with van der Waals surface area (Å²) in [6.07, 6.45) is 0.878. The van der Waals surface area contributed by atoms with Crippen LogP contribution in [0.2, 0.25) is 0 Å². The molecule has 2 amide bonds. The number of hydrogen-bond acceptors (Lipinski definition) is 6. The third-order valence-electron chi connectivity index (χ3n) is 6.59. The molecular formula is C26H31N5O3. The van der Waals surface area contributed by atoms with Gasteiger partial charge in [0.25, 0.3) is 0 Å². The van der Waals surface area contributed by atoms with Gasteiger partial charge in [-0.25, -0.2) is 9.78 Å². The van der Waals surface area contributed by atoms with E-state index in [0.717, 1.165) is 53.1 Å². The van der Waals surface area contributed by atoms with Gasteiger partial charge in [-0.3, -0.25) is 0 Å². The number of rotatable bonds is 3. The Balaban J connectivity index is 1.42. The maximum atomic E-state index is 12.9. The number of nitrogens with zero attached hydrogens (tertiary/aromatic N) is 4. The summed E-state index contributed by atoms with van der Waals surface area (Å²) in [5.74, 6) is 1.58. The summed E-state index contributed by atoms with van der Waals surface area (Å²) in [5, 5.41) is 0.926. The fourth-order valence-electron chi connectivity index (χ4n) is 4.78. The van der Waals surface area contributed by atoms with Gasteiger partial charge in [0.15, 0.2) is 0 Å². The molecule has 2 aromatic carbocycles. The van der Waals surface area contributed by atoms with Gasteiger partial charge in [0.2, 0.25) is 0 Å². The highest BCUT2D eigenvalue weighted by molar-refractivity contribution is 6.04. The monoisotopic (exact) mass is 461 g/mol. The Morgan fingerprint density at radius 3 is 2.50 bits per heavy atom. The largest absolute Gasteiger partial charge is 0.497 e. The van der Waals surface area contributed by atoms with E-state index < -0.39 is 0 Å². The van der Waals surface area contributed by atoms with Crippen LogP contribution >= 0.6 is 0 Å². The first-order chi connectivity index (χ1) is 16.6. The first-order valence-corrected chi connectivity index (χ1v) is 11.8. The molecule has 3 aromatic rings. The molecule has 0 spiro atoms. The third-order valence-corrected chi connectivity index (χ3v) is 6.59. The number of hydrogen-bond donors (Lipinski definition) is 1. The van der Waals surface area contributed by atoms with Crippen LogP contribution in [0, 0.1) is 0 Å². The molecule has 3 heterocycles. The highest BCUT2D eigenvalue weighted by atomic mass is 16.5. The van der Waals surface area contributed by atoms with Crippen molar-refractivity contribution in [2.45, 2.75) is 6.42 Å². The van der Waals surface area contributed by atoms with Crippen LogP contribution < -0.4 is 15.4 Å². The lowest BCUT2D eigenvalue weighted by Crippen LogP contribution is -2.49. The Morgan fingerprint density at radius 2 is 1.74 bits per heavy atom. The molecule has 2 aliphatic heterocycles. The molecule has 2 aliphatic rings. The lowest BCUT2D eigenvalue weighted by molar-refractivity contribution is 0.0438. The Kier molecular flexibility index (Phi) is 6.40. The van der Waals surface area contributed by atoms with E-state index in [4.69, 9.17) is 20.2 Å². The minimum absolute atomic E-state index is 0.105. The van der Waals surface area contributed by atoms with E-state index in [1.165, 1.54) is 0 Å². The van der Waals surface area contributed by atoms with Gasteiger partial charge >= 0.3 is 6.03 Å². The molecule has 1 aromatic heterocycles. The fourth-order valence-corrected chi connectivity index (χ4v) is 4.78. The average molecular weight is 462 g/mol. The molecule has 0 saturated carbocycles. The molecule has 8 nitrogen and oxygen atoms in total. The summed E-state index contributed by atoms with van der Waals surface area (Å²) in [6.45, 7) is 5.47. The van der Waals surface area contributed by atoms with Gasteiger partial charge in [-0.05, 0) is 23.6 Å². The van der Waals surface area contributed by atoms with Gasteiger partial charge < -0.3 is 29.9 Å². The van der Waals surface area contributed by atoms with E-state index in [0.29, 0.717) is 45.1 Å². The predicted molar refractivity (Wildman–Crippen MR) is 134 cm³/mol. The second kappa shape index (κ2) is 9.77. The Bertz CT molecular complexity index is 1160. The number of benzene rings is 2. The molecule has 2 fully saturated rings. The maximum Gasteiger partial charge on any atom is 0.320 e. The summed E-state index contributed by atoms with van der Waals surface area (Å²) >= 11 is 0. The molecule has 5 rings (SSSR count). The predicted octanol–water partition coefficient (Wildman–Crippen LogP) is 3.46. The molecule has 34 heavy (non-hydrogen) atoms. The zero-order valence-electron chi connectivity index (χ0n) is 19.6. The number of amides is 2. The van der Waals surface area contributed by atoms with Gasteiger partial charge in [0.05, 0.1) is 25.8 Å². The topological polar surface area (TPSA) is 84.2 Å². The second-order valence-electron chi connectivity index (χ2n) is 8.71. The molecular weight excluding hydrogens is 430 g/mol. The minimum Gasteiger partial charge on any atom is -0.497 e. The number of carbonyl (C=O) groups is 1. The first kappa shape index (κ1) is 22.3. The number of urea groups is 1. The average Bonchev–Trinajstić information content (AvgIpc) is 3.15. The molecule has 178 valence electrons. The van der Waals surface area contributed by atoms with Crippen molar-refractivity contribution < 1.29 is 14.3 Å². The Morgan fingerprint density at radius 1 is 0.971 bits per heavy atom. The van der Waals surface area contributed by atoms with Crippen molar-refractivity contribution >= 4 is 28.4 Å². The maximum absolute atomic E-state index is 12.9. The van der Waals surface area contributed by atoms with E-state index in [2.05, 4.69) is 17.0 Å². The zero-order chi connectivity index (χ0) is 23.5. The van der Waals surface area contributed by atoms with Crippen LogP contribution in [0.3, 0.4) is 0 Å². The quantitative estimate of drug-likeness (QED) is 0.643. The fraction of sp³-hybridized carbons (Fsp3) is 0.385. The molecule has 2 N–H and O–H groups in total. The molecule has 2 saturated heterocycles. The van der Waals surface area contributed by atoms with Gasteiger partial charge in [0, 0.05) is 62.5 Å². The summed E-state index contributed by atoms with van der Waals surface area (Å²) in [7, 11) is 1.66. The molecule has 0 bridgehead atoms. The number of methoxy groups -OCH3 is 1. The Labute approximate surface area is 199 Å². The number of ether oxygens (including phenoxy) is 2. The van der Waals surface area contributed by atoms with Crippen LogP contribution in [-0.4, -0.2) is 80.4 Å². The molecule has 0 atom stereocenters. The number of fused-ring (bicyclic) bond motifs is 1. The molecule has 0 aliphatic carbocycles. The number of carbonyl (C=O) groups excluding carboxylic acids is 1. The van der Waals surface area contributed by atoms with Crippen molar-refractivity contribution in [2.24, 2.45) is 0 Å². The first-order valence-electron chi connectivity index (χ1n) is 11.8. The zero-order valence-corrected chi connectivity index (χ0v) is 19.6. The van der Waals surface area contributed by atoms with Crippen molar-refractivity contribution in [3.63, 3.8) is 0 Å². The highest BCUT2D eigenvalue weighted by Crippen LogP contribution is 2.37. The summed E-state index contributed by atoms with van der Waals surface area (Å²) in [4.78, 5) is 24.0. The smallest absolute Gasteiger partial charge is 0.320 e. The van der Waals surface area contributed by atoms with E-state index in [1.54, 1.807) is 7.11 Å². The van der Waals surface area contributed by atoms with Crippen LogP contribution in [0.4, 0.5) is 16.3 Å². The normalized spacial score (nSPS) is 17.0. The van der Waals surface area contributed by atoms with Crippen LogP contribution in [0.15, 0.2) is 48.5 Å². The van der Waals surface area contributed by atoms with E-state index in [-0.39, 0.29) is 6.03 Å². The van der Waals surface area contributed by atoms with Crippen LogP contribution in [0.5, 0.6) is 5.75 Å². The Hall–Kier alpha value is -3.52. The number of pyridine rings is 1. The number of anilines is 2. The van der Waals surface area contributed by atoms with Gasteiger partial charge in [-0.2, -0.15) is 0 Å². The second-order valence-corrected chi connectivity index (χ2v) is 8.71. The summed E-state index contributed by atoms with van der Waals surface area (Å²) < 4.78 is 11.0. The third kappa shape index (κ3) is 4.46. The van der Waals surface area contributed by atoms with E-state index in [9.17, 15) is 4.79 Å². The summed E-state index contributed by atoms with van der Waals surface area (Å²) in [6, 6.07) is 16.2. The number of nitrogen functional groups attached to an aromatic ring is 1. The number of nitrogens with two attached hydrogens (primary N) is 1. The minimum atomic E-state index is 0.105. The van der Waals surface area contributed by atoms with Crippen molar-refractivity contribution in [3.8, 4) is 16.9 Å².